The van der Waals surface area contributed by atoms with Crippen molar-refractivity contribution in [2.24, 2.45) is 0 Å². The van der Waals surface area contributed by atoms with Gasteiger partial charge in [-0.2, -0.15) is 0 Å². The number of nitrogens with zero attached hydrogens (tertiary/aromatic N) is 2. The van der Waals surface area contributed by atoms with Crippen LogP contribution in [-0.4, -0.2) is 50.9 Å². The Hall–Kier alpha value is -4.70. The fourth-order valence-electron chi connectivity index (χ4n) is 5.90. The molecule has 1 fully saturated rings. The van der Waals surface area contributed by atoms with E-state index in [1.165, 1.54) is 36.3 Å². The lowest BCUT2D eigenvalue weighted by Crippen LogP contribution is -2.55. The minimum absolute atomic E-state index is 0.0102. The maximum absolute atomic E-state index is 14.6. The van der Waals surface area contributed by atoms with Gasteiger partial charge in [0.15, 0.2) is 0 Å². The number of ether oxygens (including phenoxy) is 1. The monoisotopic (exact) mass is 657 g/mol. The summed E-state index contributed by atoms with van der Waals surface area (Å²) in [6.45, 7) is -0.625. The van der Waals surface area contributed by atoms with Crippen LogP contribution in [0.1, 0.15) is 43.2 Å². The fraction of sp³-hybridized carbons (Fsp3) is 0.297. The van der Waals surface area contributed by atoms with Gasteiger partial charge < -0.3 is 15.0 Å². The smallest absolute Gasteiger partial charge is 0.264 e. The molecule has 2 amide bonds. The molecule has 0 saturated heterocycles. The summed E-state index contributed by atoms with van der Waals surface area (Å²) in [6, 6.07) is 28.5. The molecule has 1 saturated carbocycles. The molecule has 1 N–H and O–H groups in total. The number of amides is 2. The predicted molar refractivity (Wildman–Crippen MR) is 180 cm³/mol. The van der Waals surface area contributed by atoms with E-state index < -0.39 is 34.3 Å². The third kappa shape index (κ3) is 8.77. The van der Waals surface area contributed by atoms with Crippen LogP contribution >= 0.6 is 0 Å². The van der Waals surface area contributed by atoms with Gasteiger partial charge in [-0.3, -0.25) is 13.9 Å². The highest BCUT2D eigenvalue weighted by Gasteiger charge is 2.35. The van der Waals surface area contributed by atoms with Gasteiger partial charge >= 0.3 is 0 Å². The topological polar surface area (TPSA) is 96.0 Å². The molecule has 10 heteroatoms. The highest BCUT2D eigenvalue weighted by atomic mass is 32.2. The van der Waals surface area contributed by atoms with E-state index in [9.17, 15) is 22.4 Å². The number of hydrogen-bond donors (Lipinski definition) is 1. The number of methoxy groups -OCH3 is 1. The second kappa shape index (κ2) is 15.7. The molecule has 0 bridgehead atoms. The number of halogens is 1. The number of carbonyl (C=O) groups excluding carboxylic acids is 2. The van der Waals surface area contributed by atoms with Crippen molar-refractivity contribution in [1.82, 2.24) is 10.2 Å². The zero-order valence-electron chi connectivity index (χ0n) is 26.4. The van der Waals surface area contributed by atoms with Crippen molar-refractivity contribution in [3.05, 3.63) is 126 Å². The van der Waals surface area contributed by atoms with Gasteiger partial charge in [0.05, 0.1) is 17.7 Å². The zero-order chi connectivity index (χ0) is 33.2. The number of carbonyl (C=O) groups is 2. The Bertz CT molecular complexity index is 1730. The maximum atomic E-state index is 14.6. The molecule has 4 aromatic carbocycles. The summed E-state index contributed by atoms with van der Waals surface area (Å²) in [6.07, 6.45) is 5.06. The summed E-state index contributed by atoms with van der Waals surface area (Å²) in [7, 11) is -2.76. The van der Waals surface area contributed by atoms with Crippen molar-refractivity contribution in [2.75, 3.05) is 18.0 Å². The van der Waals surface area contributed by atoms with Crippen LogP contribution < -0.4 is 14.4 Å². The van der Waals surface area contributed by atoms with Crippen LogP contribution in [0.4, 0.5) is 10.1 Å². The summed E-state index contributed by atoms with van der Waals surface area (Å²) < 4.78 is 48.6. The number of anilines is 1. The first-order chi connectivity index (χ1) is 22.7. The van der Waals surface area contributed by atoms with E-state index in [-0.39, 0.29) is 35.5 Å². The molecule has 8 nitrogen and oxygen atoms in total. The Morgan fingerprint density at radius 3 is 2.17 bits per heavy atom. The SMILES string of the molecule is COc1cccc(N(CC(=O)N(Cc2ccc(F)cc2)[C@@H](Cc2ccccc2)C(=O)NC2CCCCC2)S(=O)(=O)c2ccccc2)c1. The van der Waals surface area contributed by atoms with Gasteiger partial charge in [-0.1, -0.05) is 86.0 Å². The third-order valence-corrected chi connectivity index (χ3v) is 10.2. The van der Waals surface area contributed by atoms with Crippen molar-refractivity contribution < 1.29 is 27.1 Å². The van der Waals surface area contributed by atoms with Gasteiger partial charge in [-0.25, -0.2) is 12.8 Å². The molecule has 0 aliphatic heterocycles. The van der Waals surface area contributed by atoms with E-state index in [1.54, 1.807) is 54.6 Å². The second-order valence-electron chi connectivity index (χ2n) is 11.7. The molecule has 0 spiro atoms. The van der Waals surface area contributed by atoms with Crippen molar-refractivity contribution in [3.8, 4) is 5.75 Å². The minimum atomic E-state index is -4.23. The standard InChI is InChI=1S/C37H40FN3O5S/c1-46-33-17-11-16-32(25-33)41(47(44,45)34-18-9-4-10-19-34)27-36(42)40(26-29-20-22-30(38)23-21-29)35(24-28-12-5-2-6-13-28)37(43)39-31-14-7-3-8-15-31/h2,4-6,9-13,16-23,25,31,35H,3,7-8,14-15,24,26-27H2,1H3,(H,39,43)/t35-/m0/s1. The Balaban J connectivity index is 1.56. The molecule has 47 heavy (non-hydrogen) atoms. The Morgan fingerprint density at radius 2 is 1.51 bits per heavy atom. The molecule has 0 unspecified atom stereocenters. The number of sulfonamides is 1. The molecule has 1 aliphatic rings. The van der Waals surface area contributed by atoms with E-state index in [0.717, 1.165) is 42.0 Å². The maximum Gasteiger partial charge on any atom is 0.264 e. The fourth-order valence-corrected chi connectivity index (χ4v) is 7.33. The van der Waals surface area contributed by atoms with E-state index in [2.05, 4.69) is 5.32 Å². The summed E-state index contributed by atoms with van der Waals surface area (Å²) in [5.41, 5.74) is 1.67. The van der Waals surface area contributed by atoms with E-state index >= 15 is 0 Å². The highest BCUT2D eigenvalue weighted by Crippen LogP contribution is 2.28. The highest BCUT2D eigenvalue weighted by molar-refractivity contribution is 7.92. The van der Waals surface area contributed by atoms with Crippen LogP contribution in [0.3, 0.4) is 0 Å². The molecular weight excluding hydrogens is 617 g/mol. The molecule has 246 valence electrons. The van der Waals surface area contributed by atoms with E-state index in [0.29, 0.717) is 11.3 Å². The van der Waals surface area contributed by atoms with Crippen molar-refractivity contribution >= 4 is 27.5 Å². The Morgan fingerprint density at radius 1 is 0.851 bits per heavy atom. The quantitative estimate of drug-likeness (QED) is 0.187. The lowest BCUT2D eigenvalue weighted by molar-refractivity contribution is -0.140. The van der Waals surface area contributed by atoms with Crippen LogP contribution in [0.5, 0.6) is 5.75 Å². The predicted octanol–water partition coefficient (Wildman–Crippen LogP) is 6.12. The second-order valence-corrected chi connectivity index (χ2v) is 13.6. The minimum Gasteiger partial charge on any atom is -0.497 e. The van der Waals surface area contributed by atoms with Crippen LogP contribution in [0.15, 0.2) is 114 Å². The summed E-state index contributed by atoms with van der Waals surface area (Å²) in [5, 5.41) is 3.18. The lowest BCUT2D eigenvalue weighted by atomic mass is 9.94. The Labute approximate surface area is 276 Å². The molecular formula is C37H40FN3O5S. The number of rotatable bonds is 13. The summed E-state index contributed by atoms with van der Waals surface area (Å²) >= 11 is 0. The van der Waals surface area contributed by atoms with Crippen molar-refractivity contribution in [1.29, 1.82) is 0 Å². The zero-order valence-corrected chi connectivity index (χ0v) is 27.2. The first-order valence-electron chi connectivity index (χ1n) is 15.8. The van der Waals surface area contributed by atoms with Crippen LogP contribution in [0.2, 0.25) is 0 Å². The lowest BCUT2D eigenvalue weighted by Gasteiger charge is -2.35. The van der Waals surface area contributed by atoms with Crippen molar-refractivity contribution in [3.63, 3.8) is 0 Å². The van der Waals surface area contributed by atoms with Crippen LogP contribution in [-0.2, 0) is 32.6 Å². The molecule has 4 aromatic rings. The molecule has 1 atom stereocenters. The molecule has 0 radical (unpaired) electrons. The number of nitrogens with one attached hydrogen (secondary N) is 1. The van der Waals surface area contributed by atoms with Gasteiger partial charge in [0, 0.05) is 25.1 Å². The van der Waals surface area contributed by atoms with Gasteiger partial charge in [0.25, 0.3) is 10.0 Å². The molecule has 0 heterocycles. The molecule has 5 rings (SSSR count). The number of benzene rings is 4. The van der Waals surface area contributed by atoms with Gasteiger partial charge in [0.2, 0.25) is 11.8 Å². The third-order valence-electron chi connectivity index (χ3n) is 8.44. The van der Waals surface area contributed by atoms with E-state index in [4.69, 9.17) is 4.74 Å². The van der Waals surface area contributed by atoms with E-state index in [1.807, 2.05) is 30.3 Å². The largest absolute Gasteiger partial charge is 0.497 e. The van der Waals surface area contributed by atoms with Gasteiger partial charge in [-0.15, -0.1) is 0 Å². The normalized spacial score (nSPS) is 14.2. The molecule has 0 aromatic heterocycles. The average molecular weight is 658 g/mol. The van der Waals surface area contributed by atoms with Crippen LogP contribution in [0.25, 0.3) is 0 Å². The molecule has 1 aliphatic carbocycles. The van der Waals surface area contributed by atoms with Crippen LogP contribution in [0, 0.1) is 5.82 Å². The van der Waals surface area contributed by atoms with Gasteiger partial charge in [0.1, 0.15) is 24.2 Å². The Kier molecular flexibility index (Phi) is 11.3. The first-order valence-corrected chi connectivity index (χ1v) is 17.3. The number of hydrogen-bond acceptors (Lipinski definition) is 5. The first kappa shape index (κ1) is 33.7. The summed E-state index contributed by atoms with van der Waals surface area (Å²) in [4.78, 5) is 30.2. The van der Waals surface area contributed by atoms with Gasteiger partial charge in [-0.05, 0) is 60.4 Å². The summed E-state index contributed by atoms with van der Waals surface area (Å²) in [5.74, 6) is -0.910. The average Bonchev–Trinajstić information content (AvgIpc) is 3.10. The van der Waals surface area contributed by atoms with Crippen molar-refractivity contribution in [2.45, 2.75) is 62.0 Å².